The number of unbranched alkanes of at least 4 members (excludes halogenated alkanes) is 12. The van der Waals surface area contributed by atoms with Crippen molar-refractivity contribution < 1.29 is 0 Å². The third-order valence-corrected chi connectivity index (χ3v) is 6.25. The van der Waals surface area contributed by atoms with Crippen molar-refractivity contribution in [2.75, 3.05) is 0 Å². The predicted octanol–water partition coefficient (Wildman–Crippen LogP) is 8.29. The standard InChI is InChI=1S/C21H45P/c1-4-7-9-11-13-15-17-19-21(22,6-3)20-18-16-14-12-10-8-5-2/h4-20,22H2,1-3H3. The number of hydrogen-bond acceptors (Lipinski definition) is 0. The first-order valence-electron chi connectivity index (χ1n) is 10.5. The van der Waals surface area contributed by atoms with E-state index < -0.39 is 0 Å². The lowest BCUT2D eigenvalue weighted by atomic mass is 9.91. The second-order valence-corrected chi connectivity index (χ2v) is 8.68. The van der Waals surface area contributed by atoms with E-state index in [0.717, 1.165) is 0 Å². The maximum absolute atomic E-state index is 3.22. The molecule has 0 aliphatic rings. The molecule has 0 heterocycles. The van der Waals surface area contributed by atoms with Gasteiger partial charge in [-0.25, -0.2) is 0 Å². The van der Waals surface area contributed by atoms with Crippen molar-refractivity contribution in [3.05, 3.63) is 0 Å². The maximum Gasteiger partial charge on any atom is -0.0153 e. The van der Waals surface area contributed by atoms with Crippen LogP contribution in [0.15, 0.2) is 0 Å². The van der Waals surface area contributed by atoms with Gasteiger partial charge in [0.15, 0.2) is 0 Å². The Kier molecular flexibility index (Phi) is 16.6. The van der Waals surface area contributed by atoms with Crippen molar-refractivity contribution in [1.29, 1.82) is 0 Å². The lowest BCUT2D eigenvalue weighted by molar-refractivity contribution is 0.430. The molecule has 1 heteroatoms. The molecule has 0 N–H and O–H groups in total. The second kappa shape index (κ2) is 16.3. The monoisotopic (exact) mass is 328 g/mol. The maximum atomic E-state index is 3.22. The van der Waals surface area contributed by atoms with E-state index in [2.05, 4.69) is 30.0 Å². The minimum atomic E-state index is 0.548. The molecule has 0 nitrogen and oxygen atoms in total. The molecular weight excluding hydrogens is 283 g/mol. The molecule has 0 radical (unpaired) electrons. The Morgan fingerprint density at radius 2 is 0.818 bits per heavy atom. The summed E-state index contributed by atoms with van der Waals surface area (Å²) in [5, 5.41) is 0.548. The Balaban J connectivity index is 3.54. The molecule has 0 aliphatic carbocycles. The molecule has 0 bridgehead atoms. The molecule has 0 saturated carbocycles. The van der Waals surface area contributed by atoms with E-state index in [0.29, 0.717) is 5.16 Å². The van der Waals surface area contributed by atoms with Crippen LogP contribution in [0.3, 0.4) is 0 Å². The smallest absolute Gasteiger partial charge is 0.0153 e. The third-order valence-electron chi connectivity index (χ3n) is 5.26. The van der Waals surface area contributed by atoms with Crippen LogP contribution in [0.2, 0.25) is 0 Å². The van der Waals surface area contributed by atoms with Crippen LogP contribution in [0, 0.1) is 0 Å². The van der Waals surface area contributed by atoms with Crippen LogP contribution in [0.5, 0.6) is 0 Å². The molecule has 0 fully saturated rings. The van der Waals surface area contributed by atoms with Gasteiger partial charge in [0.05, 0.1) is 0 Å². The van der Waals surface area contributed by atoms with Gasteiger partial charge in [-0.2, -0.15) is 0 Å². The highest BCUT2D eigenvalue weighted by Crippen LogP contribution is 2.35. The minimum Gasteiger partial charge on any atom is -0.131 e. The molecule has 22 heavy (non-hydrogen) atoms. The van der Waals surface area contributed by atoms with Gasteiger partial charge >= 0.3 is 0 Å². The van der Waals surface area contributed by atoms with Crippen LogP contribution in [0.4, 0.5) is 0 Å². The molecule has 0 aliphatic heterocycles. The molecule has 1 unspecified atom stereocenters. The normalized spacial score (nSPS) is 12.0. The van der Waals surface area contributed by atoms with Crippen LogP contribution in [0.25, 0.3) is 0 Å². The highest BCUT2D eigenvalue weighted by molar-refractivity contribution is 7.18. The van der Waals surface area contributed by atoms with Crippen LogP contribution in [0.1, 0.15) is 130 Å². The Morgan fingerprint density at radius 3 is 1.14 bits per heavy atom. The van der Waals surface area contributed by atoms with Gasteiger partial charge in [-0.15, -0.1) is 9.24 Å². The molecule has 0 amide bonds. The first-order chi connectivity index (χ1) is 10.7. The molecule has 0 aromatic heterocycles. The van der Waals surface area contributed by atoms with Crippen LogP contribution in [-0.4, -0.2) is 5.16 Å². The number of hydrogen-bond donors (Lipinski definition) is 0. The van der Waals surface area contributed by atoms with Crippen molar-refractivity contribution in [2.45, 2.75) is 135 Å². The molecule has 134 valence electrons. The van der Waals surface area contributed by atoms with Crippen LogP contribution < -0.4 is 0 Å². The average molecular weight is 329 g/mol. The van der Waals surface area contributed by atoms with Crippen LogP contribution in [-0.2, 0) is 0 Å². The zero-order chi connectivity index (χ0) is 16.5. The van der Waals surface area contributed by atoms with E-state index in [1.807, 2.05) is 0 Å². The zero-order valence-corrected chi connectivity index (χ0v) is 17.3. The molecule has 0 saturated heterocycles. The summed E-state index contributed by atoms with van der Waals surface area (Å²) in [5.74, 6) is 0. The summed E-state index contributed by atoms with van der Waals surface area (Å²) in [4.78, 5) is 0. The van der Waals surface area contributed by atoms with Crippen molar-refractivity contribution in [3.8, 4) is 0 Å². The topological polar surface area (TPSA) is 0 Å². The van der Waals surface area contributed by atoms with Crippen molar-refractivity contribution in [2.24, 2.45) is 0 Å². The van der Waals surface area contributed by atoms with Gasteiger partial charge in [0.2, 0.25) is 0 Å². The van der Waals surface area contributed by atoms with Crippen LogP contribution >= 0.6 is 9.24 Å². The fourth-order valence-electron chi connectivity index (χ4n) is 3.35. The van der Waals surface area contributed by atoms with Crippen molar-refractivity contribution in [1.82, 2.24) is 0 Å². The van der Waals surface area contributed by atoms with Gasteiger partial charge in [0.1, 0.15) is 0 Å². The highest BCUT2D eigenvalue weighted by atomic mass is 31.0. The molecule has 0 spiro atoms. The highest BCUT2D eigenvalue weighted by Gasteiger charge is 2.20. The van der Waals surface area contributed by atoms with Gasteiger partial charge in [-0.3, -0.25) is 0 Å². The Labute approximate surface area is 144 Å². The second-order valence-electron chi connectivity index (χ2n) is 7.46. The fraction of sp³-hybridized carbons (Fsp3) is 1.00. The SMILES string of the molecule is CCCCCCCCCC(P)(CC)CCCCCCCCC. The van der Waals surface area contributed by atoms with Gasteiger partial charge in [-0.1, -0.05) is 111 Å². The predicted molar refractivity (Wildman–Crippen MR) is 108 cm³/mol. The summed E-state index contributed by atoms with van der Waals surface area (Å²) in [6.07, 6.45) is 24.3. The van der Waals surface area contributed by atoms with Gasteiger partial charge in [-0.05, 0) is 24.4 Å². The van der Waals surface area contributed by atoms with E-state index in [1.54, 1.807) is 0 Å². The third kappa shape index (κ3) is 14.0. The zero-order valence-electron chi connectivity index (χ0n) is 16.1. The number of rotatable bonds is 17. The average Bonchev–Trinajstić information content (AvgIpc) is 2.53. The Morgan fingerprint density at radius 1 is 0.500 bits per heavy atom. The summed E-state index contributed by atoms with van der Waals surface area (Å²) in [6, 6.07) is 0. The molecule has 0 aromatic rings. The molecule has 0 aromatic carbocycles. The summed E-state index contributed by atoms with van der Waals surface area (Å²) < 4.78 is 0. The molecular formula is C21H45P. The largest absolute Gasteiger partial charge is 0.131 e. The summed E-state index contributed by atoms with van der Waals surface area (Å²) >= 11 is 0. The van der Waals surface area contributed by atoms with Crippen molar-refractivity contribution in [3.63, 3.8) is 0 Å². The summed E-state index contributed by atoms with van der Waals surface area (Å²) in [6.45, 7) is 6.98. The van der Waals surface area contributed by atoms with E-state index >= 15 is 0 Å². The fourth-order valence-corrected chi connectivity index (χ4v) is 3.76. The van der Waals surface area contributed by atoms with E-state index in [-0.39, 0.29) is 0 Å². The Hall–Kier alpha value is 0.430. The van der Waals surface area contributed by atoms with E-state index in [9.17, 15) is 0 Å². The summed E-state index contributed by atoms with van der Waals surface area (Å²) in [5.41, 5.74) is 0. The lowest BCUT2D eigenvalue weighted by Gasteiger charge is -2.28. The first-order valence-corrected chi connectivity index (χ1v) is 11.0. The van der Waals surface area contributed by atoms with E-state index in [1.165, 1.54) is 109 Å². The lowest BCUT2D eigenvalue weighted by Crippen LogP contribution is -2.19. The first kappa shape index (κ1) is 22.4. The van der Waals surface area contributed by atoms with Gasteiger partial charge < -0.3 is 0 Å². The van der Waals surface area contributed by atoms with Crippen molar-refractivity contribution >= 4 is 9.24 Å². The van der Waals surface area contributed by atoms with E-state index in [4.69, 9.17) is 0 Å². The quantitative estimate of drug-likeness (QED) is 0.186. The Bertz CT molecular complexity index is 194. The van der Waals surface area contributed by atoms with Gasteiger partial charge in [0, 0.05) is 0 Å². The molecule has 0 rings (SSSR count). The summed E-state index contributed by atoms with van der Waals surface area (Å²) in [7, 11) is 3.22. The molecule has 1 atom stereocenters. The minimum absolute atomic E-state index is 0.548. The van der Waals surface area contributed by atoms with Gasteiger partial charge in [0.25, 0.3) is 0 Å².